The average molecular weight is 389 g/mol. The van der Waals surface area contributed by atoms with Gasteiger partial charge in [-0.1, -0.05) is 48.2 Å². The van der Waals surface area contributed by atoms with E-state index in [0.29, 0.717) is 11.1 Å². The molecule has 0 bridgehead atoms. The van der Waals surface area contributed by atoms with Crippen LogP contribution < -0.4 is 0 Å². The molecule has 0 fully saturated rings. The third kappa shape index (κ3) is 4.96. The van der Waals surface area contributed by atoms with Gasteiger partial charge in [-0.3, -0.25) is 10.2 Å². The lowest BCUT2D eigenvalue weighted by Crippen LogP contribution is -2.30. The number of nitrogens with one attached hydrogen (secondary N) is 1. The third-order valence-electron chi connectivity index (χ3n) is 4.04. The van der Waals surface area contributed by atoms with Crippen molar-refractivity contribution in [1.82, 2.24) is 0 Å². The smallest absolute Gasteiger partial charge is 0.338 e. The van der Waals surface area contributed by atoms with Crippen LogP contribution in [0.2, 0.25) is 0 Å². The van der Waals surface area contributed by atoms with Crippen LogP contribution in [0.3, 0.4) is 0 Å². The van der Waals surface area contributed by atoms with Crippen LogP contribution in [0.25, 0.3) is 0 Å². The van der Waals surface area contributed by atoms with Gasteiger partial charge in [0.2, 0.25) is 5.78 Å². The van der Waals surface area contributed by atoms with E-state index < -0.39 is 17.9 Å². The summed E-state index contributed by atoms with van der Waals surface area (Å²) < 4.78 is 5.26. The molecule has 0 heterocycles. The van der Waals surface area contributed by atoms with E-state index in [9.17, 15) is 9.59 Å². The molecule has 0 aliphatic carbocycles. The fourth-order valence-electron chi connectivity index (χ4n) is 2.50. The van der Waals surface area contributed by atoms with Crippen molar-refractivity contribution in [3.8, 4) is 0 Å². The Hall–Kier alpha value is -3.18. The van der Waals surface area contributed by atoms with Crippen molar-refractivity contribution in [3.05, 3.63) is 96.1 Å². The van der Waals surface area contributed by atoms with Crippen LogP contribution in [0.15, 0.2) is 94.7 Å². The molecule has 1 N–H and O–H groups in total. The van der Waals surface area contributed by atoms with Gasteiger partial charge in [-0.2, -0.15) is 0 Å². The molecule has 0 aliphatic rings. The van der Waals surface area contributed by atoms with Crippen LogP contribution in [0, 0.1) is 5.41 Å². The predicted molar refractivity (Wildman–Crippen MR) is 110 cm³/mol. The summed E-state index contributed by atoms with van der Waals surface area (Å²) in [6.45, 7) is 1.53. The summed E-state index contributed by atoms with van der Waals surface area (Å²) in [6.07, 6.45) is -0.932. The highest BCUT2D eigenvalue weighted by Crippen LogP contribution is 2.27. The van der Waals surface area contributed by atoms with Crippen molar-refractivity contribution in [1.29, 1.82) is 5.41 Å². The van der Waals surface area contributed by atoms with Gasteiger partial charge in [-0.05, 0) is 55.5 Å². The molecular formula is C23H19NO3S. The fraction of sp³-hybridized carbons (Fsp3) is 0.0870. The third-order valence-corrected chi connectivity index (χ3v) is 5.06. The summed E-state index contributed by atoms with van der Waals surface area (Å²) in [5.74, 6) is -1.01. The standard InChI is InChI=1S/C23H19NO3S/c1-16(27-23(26)18-8-4-2-5-9-18)21(24)22(25)17-12-14-20(15-13-17)28-19-10-6-3-7-11-19/h2-16,24H,1H3. The Labute approximate surface area is 168 Å². The first-order chi connectivity index (χ1) is 13.5. The highest BCUT2D eigenvalue weighted by Gasteiger charge is 2.22. The fourth-order valence-corrected chi connectivity index (χ4v) is 3.34. The highest BCUT2D eigenvalue weighted by atomic mass is 32.2. The maximum Gasteiger partial charge on any atom is 0.338 e. The number of hydrogen-bond donors (Lipinski definition) is 1. The monoisotopic (exact) mass is 389 g/mol. The molecule has 0 saturated carbocycles. The number of esters is 1. The number of ketones is 1. The van der Waals surface area contributed by atoms with E-state index in [-0.39, 0.29) is 5.71 Å². The normalized spacial score (nSPS) is 11.5. The van der Waals surface area contributed by atoms with Gasteiger partial charge in [0.15, 0.2) is 0 Å². The molecule has 0 amide bonds. The quantitative estimate of drug-likeness (QED) is 0.339. The van der Waals surface area contributed by atoms with Crippen LogP contribution in [0.4, 0.5) is 0 Å². The SMILES string of the molecule is CC(OC(=O)c1ccccc1)C(=N)C(=O)c1ccc(Sc2ccccc2)cc1. The number of carbonyl (C=O) groups is 2. The topological polar surface area (TPSA) is 67.2 Å². The van der Waals surface area contributed by atoms with Gasteiger partial charge in [-0.25, -0.2) is 4.79 Å². The first-order valence-electron chi connectivity index (χ1n) is 8.77. The maximum absolute atomic E-state index is 12.6. The van der Waals surface area contributed by atoms with Gasteiger partial charge in [0.05, 0.1) is 5.56 Å². The first-order valence-corrected chi connectivity index (χ1v) is 9.58. The van der Waals surface area contributed by atoms with Gasteiger partial charge in [0.25, 0.3) is 0 Å². The molecule has 3 aromatic rings. The summed E-state index contributed by atoms with van der Waals surface area (Å²) in [7, 11) is 0. The number of ether oxygens (including phenoxy) is 1. The molecule has 1 unspecified atom stereocenters. The Morgan fingerprint density at radius 2 is 1.32 bits per heavy atom. The zero-order valence-electron chi connectivity index (χ0n) is 15.3. The van der Waals surface area contributed by atoms with Crippen LogP contribution in [0.1, 0.15) is 27.6 Å². The van der Waals surface area contributed by atoms with Crippen molar-refractivity contribution in [2.75, 3.05) is 0 Å². The second kappa shape index (κ2) is 9.15. The van der Waals surface area contributed by atoms with Gasteiger partial charge in [0.1, 0.15) is 11.8 Å². The van der Waals surface area contributed by atoms with Crippen LogP contribution >= 0.6 is 11.8 Å². The lowest BCUT2D eigenvalue weighted by Gasteiger charge is -2.14. The lowest BCUT2D eigenvalue weighted by molar-refractivity contribution is 0.0449. The number of benzene rings is 3. The second-order valence-electron chi connectivity index (χ2n) is 6.10. The Kier molecular flexibility index (Phi) is 6.40. The van der Waals surface area contributed by atoms with Crippen molar-refractivity contribution < 1.29 is 14.3 Å². The van der Waals surface area contributed by atoms with Gasteiger partial charge >= 0.3 is 5.97 Å². The van der Waals surface area contributed by atoms with E-state index in [1.807, 2.05) is 42.5 Å². The van der Waals surface area contributed by atoms with Gasteiger partial charge < -0.3 is 4.74 Å². The van der Waals surface area contributed by atoms with Crippen molar-refractivity contribution in [2.45, 2.75) is 22.8 Å². The van der Waals surface area contributed by atoms with Crippen molar-refractivity contribution in [2.24, 2.45) is 0 Å². The van der Waals surface area contributed by atoms with Gasteiger partial charge in [-0.15, -0.1) is 0 Å². The molecule has 0 spiro atoms. The summed E-state index contributed by atoms with van der Waals surface area (Å²) in [6, 6.07) is 25.5. The summed E-state index contributed by atoms with van der Waals surface area (Å²) in [5.41, 5.74) is 0.523. The molecule has 4 nitrogen and oxygen atoms in total. The molecule has 0 aromatic heterocycles. The average Bonchev–Trinajstić information content (AvgIpc) is 2.74. The van der Waals surface area contributed by atoms with E-state index in [0.717, 1.165) is 9.79 Å². The zero-order valence-corrected chi connectivity index (χ0v) is 16.1. The summed E-state index contributed by atoms with van der Waals surface area (Å²) in [4.78, 5) is 26.8. The molecular weight excluding hydrogens is 370 g/mol. The molecule has 28 heavy (non-hydrogen) atoms. The minimum atomic E-state index is -0.932. The van der Waals surface area contributed by atoms with E-state index in [4.69, 9.17) is 10.1 Å². The van der Waals surface area contributed by atoms with E-state index in [1.165, 1.54) is 6.92 Å². The second-order valence-corrected chi connectivity index (χ2v) is 7.24. The van der Waals surface area contributed by atoms with E-state index in [2.05, 4.69) is 0 Å². The number of hydrogen-bond acceptors (Lipinski definition) is 5. The lowest BCUT2D eigenvalue weighted by atomic mass is 10.0. The molecule has 3 aromatic carbocycles. The number of rotatable bonds is 7. The van der Waals surface area contributed by atoms with Crippen LogP contribution in [-0.2, 0) is 4.74 Å². The molecule has 140 valence electrons. The van der Waals surface area contributed by atoms with Gasteiger partial charge in [0, 0.05) is 15.4 Å². The minimum absolute atomic E-state index is 0.257. The largest absolute Gasteiger partial charge is 0.452 e. The maximum atomic E-state index is 12.6. The molecule has 3 rings (SSSR count). The molecule has 5 heteroatoms. The van der Waals surface area contributed by atoms with E-state index in [1.54, 1.807) is 54.2 Å². The predicted octanol–water partition coefficient (Wildman–Crippen LogP) is 5.29. The minimum Gasteiger partial charge on any atom is -0.452 e. The Balaban J connectivity index is 1.62. The first kappa shape index (κ1) is 19.6. The Morgan fingerprint density at radius 1 is 0.786 bits per heavy atom. The van der Waals surface area contributed by atoms with Crippen molar-refractivity contribution in [3.63, 3.8) is 0 Å². The number of carbonyl (C=O) groups excluding carboxylic acids is 2. The zero-order chi connectivity index (χ0) is 19.9. The molecule has 1 atom stereocenters. The summed E-state index contributed by atoms with van der Waals surface area (Å²) in [5, 5.41) is 8.10. The van der Waals surface area contributed by atoms with E-state index >= 15 is 0 Å². The van der Waals surface area contributed by atoms with Crippen LogP contribution in [-0.4, -0.2) is 23.6 Å². The highest BCUT2D eigenvalue weighted by molar-refractivity contribution is 7.99. The summed E-state index contributed by atoms with van der Waals surface area (Å²) >= 11 is 1.59. The molecule has 0 radical (unpaired) electrons. The van der Waals surface area contributed by atoms with Crippen LogP contribution in [0.5, 0.6) is 0 Å². The molecule has 0 aliphatic heterocycles. The number of Topliss-reactive ketones (excluding diaryl/α,β-unsaturated/α-hetero) is 1. The molecule has 0 saturated heterocycles. The Bertz CT molecular complexity index is 970. The van der Waals surface area contributed by atoms with Crippen molar-refractivity contribution >= 4 is 29.2 Å². The Morgan fingerprint density at radius 3 is 1.93 bits per heavy atom.